The Morgan fingerprint density at radius 2 is 1.80 bits per heavy atom. The third-order valence-electron chi connectivity index (χ3n) is 7.96. The van der Waals surface area contributed by atoms with Gasteiger partial charge in [-0.3, -0.25) is 19.3 Å². The Morgan fingerprint density at radius 3 is 2.54 bits per heavy atom. The second-order valence-electron chi connectivity index (χ2n) is 10.4. The Labute approximate surface area is 209 Å². The summed E-state index contributed by atoms with van der Waals surface area (Å²) in [4.78, 5) is 43.0. The highest BCUT2D eigenvalue weighted by Gasteiger charge is 2.31. The highest BCUT2D eigenvalue weighted by atomic mass is 16.5. The maximum atomic E-state index is 13.2. The van der Waals surface area contributed by atoms with Gasteiger partial charge in [-0.05, 0) is 49.3 Å². The van der Waals surface area contributed by atoms with Crippen LogP contribution in [0.2, 0.25) is 0 Å². The molecule has 4 rings (SSSR count). The van der Waals surface area contributed by atoms with Crippen LogP contribution in [0.5, 0.6) is 0 Å². The molecule has 0 aromatic heterocycles. The van der Waals surface area contributed by atoms with Crippen LogP contribution in [0, 0.1) is 5.92 Å². The average molecular weight is 484 g/mol. The van der Waals surface area contributed by atoms with Gasteiger partial charge in [0, 0.05) is 44.1 Å². The topological polar surface area (TPSA) is 79.0 Å². The molecule has 0 spiro atoms. The van der Waals surface area contributed by atoms with Crippen molar-refractivity contribution in [2.24, 2.45) is 5.92 Å². The predicted octanol–water partition coefficient (Wildman–Crippen LogP) is 3.38. The number of likely N-dealkylation sites (tertiary alicyclic amines) is 1. The molecular weight excluding hydrogens is 442 g/mol. The molecule has 1 unspecified atom stereocenters. The maximum Gasteiger partial charge on any atom is 0.251 e. The number of morpholine rings is 1. The minimum absolute atomic E-state index is 0.128. The number of piperidine rings is 1. The lowest BCUT2D eigenvalue weighted by molar-refractivity contribution is -0.134. The lowest BCUT2D eigenvalue weighted by atomic mass is 9.81. The molecule has 3 aliphatic rings. The Hall–Kier alpha value is -2.25. The second-order valence-corrected chi connectivity index (χ2v) is 10.4. The van der Waals surface area contributed by atoms with E-state index >= 15 is 0 Å². The zero-order chi connectivity index (χ0) is 24.6. The largest absolute Gasteiger partial charge is 0.379 e. The number of nitrogens with one attached hydrogen (secondary N) is 1. The van der Waals surface area contributed by atoms with Crippen LogP contribution in [0.4, 0.5) is 0 Å². The summed E-state index contributed by atoms with van der Waals surface area (Å²) in [6.45, 7) is 6.81. The Kier molecular flexibility index (Phi) is 9.32. The number of rotatable bonds is 8. The summed E-state index contributed by atoms with van der Waals surface area (Å²) < 4.78 is 5.39. The van der Waals surface area contributed by atoms with Gasteiger partial charge in [0.1, 0.15) is 0 Å². The molecule has 7 nitrogen and oxygen atoms in total. The number of ether oxygens (including phenoxy) is 1. The molecule has 192 valence electrons. The van der Waals surface area contributed by atoms with Gasteiger partial charge in [0.25, 0.3) is 5.91 Å². The minimum Gasteiger partial charge on any atom is -0.379 e. The van der Waals surface area contributed by atoms with Crippen LogP contribution in [0.1, 0.15) is 80.1 Å². The zero-order valence-electron chi connectivity index (χ0n) is 21.2. The molecule has 0 radical (unpaired) electrons. The monoisotopic (exact) mass is 483 g/mol. The quantitative estimate of drug-likeness (QED) is 0.613. The molecule has 2 saturated heterocycles. The molecule has 7 heteroatoms. The molecule has 2 heterocycles. The molecule has 3 fully saturated rings. The molecule has 0 bridgehead atoms. The fourth-order valence-electron chi connectivity index (χ4n) is 5.83. The van der Waals surface area contributed by atoms with Crippen molar-refractivity contribution in [2.45, 2.75) is 70.3 Å². The summed E-state index contributed by atoms with van der Waals surface area (Å²) in [7, 11) is 0. The fourth-order valence-corrected chi connectivity index (χ4v) is 5.83. The molecule has 1 N–H and O–H groups in total. The van der Waals surface area contributed by atoms with Gasteiger partial charge < -0.3 is 15.0 Å². The first-order valence-corrected chi connectivity index (χ1v) is 13.6. The lowest BCUT2D eigenvalue weighted by Crippen LogP contribution is -2.47. The normalized spacial score (nSPS) is 23.0. The number of hydrogen-bond donors (Lipinski definition) is 1. The van der Waals surface area contributed by atoms with Crippen LogP contribution in [-0.4, -0.2) is 79.4 Å². The smallest absolute Gasteiger partial charge is 0.251 e. The number of hydrogen-bond acceptors (Lipinski definition) is 5. The summed E-state index contributed by atoms with van der Waals surface area (Å²) in [5, 5.41) is 3.09. The lowest BCUT2D eigenvalue weighted by Gasteiger charge is -2.35. The van der Waals surface area contributed by atoms with Crippen molar-refractivity contribution in [2.75, 3.05) is 45.9 Å². The van der Waals surface area contributed by atoms with Gasteiger partial charge in [-0.2, -0.15) is 0 Å². The molecule has 1 aromatic carbocycles. The third kappa shape index (κ3) is 6.91. The van der Waals surface area contributed by atoms with Gasteiger partial charge >= 0.3 is 0 Å². The van der Waals surface area contributed by atoms with E-state index in [0.717, 1.165) is 63.7 Å². The minimum atomic E-state index is -0.389. The molecule has 1 aromatic rings. The average Bonchev–Trinajstić information content (AvgIpc) is 2.92. The Bertz CT molecular complexity index is 877. The van der Waals surface area contributed by atoms with Gasteiger partial charge in [-0.1, -0.05) is 38.3 Å². The summed E-state index contributed by atoms with van der Waals surface area (Å²) in [5.74, 6) is 0.603. The van der Waals surface area contributed by atoms with Crippen LogP contribution in [-0.2, 0) is 14.3 Å². The van der Waals surface area contributed by atoms with Crippen LogP contribution in [0.3, 0.4) is 0 Å². The first-order chi connectivity index (χ1) is 17.0. The standard InChI is InChI=1S/C28H41N3O4/c1-2-25(32)27(21-8-4-3-5-9-21)29-28(34)23-11-6-10-22(18-23)24-12-7-13-31(19-24)26(33)20-30-14-16-35-17-15-30/h6,10-11,18,21,24,27H,2-5,7-9,12-17,19-20H2,1H3,(H,29,34)/t24?,27-/m1/s1. The fraction of sp³-hybridized carbons (Fsp3) is 0.679. The number of carbonyl (C=O) groups is 3. The van der Waals surface area contributed by atoms with Crippen LogP contribution in [0.15, 0.2) is 24.3 Å². The summed E-state index contributed by atoms with van der Waals surface area (Å²) in [5.41, 5.74) is 1.70. The van der Waals surface area contributed by atoms with Gasteiger partial charge in [0.2, 0.25) is 5.91 Å². The van der Waals surface area contributed by atoms with E-state index in [-0.39, 0.29) is 35.5 Å². The predicted molar refractivity (Wildman–Crippen MR) is 135 cm³/mol. The molecule has 35 heavy (non-hydrogen) atoms. The molecule has 2 amide bonds. The van der Waals surface area contributed by atoms with Crippen molar-refractivity contribution in [3.63, 3.8) is 0 Å². The second kappa shape index (κ2) is 12.6. The highest BCUT2D eigenvalue weighted by Crippen LogP contribution is 2.29. The zero-order valence-corrected chi connectivity index (χ0v) is 21.2. The first kappa shape index (κ1) is 25.8. The Morgan fingerprint density at radius 1 is 1.03 bits per heavy atom. The number of ketones is 1. The number of nitrogens with zero attached hydrogens (tertiary/aromatic N) is 2. The molecule has 2 atom stereocenters. The molecule has 1 aliphatic carbocycles. The molecule has 2 aliphatic heterocycles. The van der Waals surface area contributed by atoms with Crippen molar-refractivity contribution in [1.82, 2.24) is 15.1 Å². The van der Waals surface area contributed by atoms with E-state index in [1.807, 2.05) is 30.0 Å². The summed E-state index contributed by atoms with van der Waals surface area (Å²) in [6, 6.07) is 7.39. The van der Waals surface area contributed by atoms with Crippen molar-refractivity contribution in [1.29, 1.82) is 0 Å². The Balaban J connectivity index is 1.39. The molecule has 1 saturated carbocycles. The summed E-state index contributed by atoms with van der Waals surface area (Å²) in [6.07, 6.45) is 7.90. The number of amides is 2. The number of carbonyl (C=O) groups excluding carboxylic acids is 3. The van der Waals surface area contributed by atoms with E-state index < -0.39 is 0 Å². The van der Waals surface area contributed by atoms with Gasteiger partial charge in [-0.15, -0.1) is 0 Å². The van der Waals surface area contributed by atoms with E-state index in [0.29, 0.717) is 38.3 Å². The maximum absolute atomic E-state index is 13.2. The van der Waals surface area contributed by atoms with Crippen molar-refractivity contribution in [3.05, 3.63) is 35.4 Å². The third-order valence-corrected chi connectivity index (χ3v) is 7.96. The van der Waals surface area contributed by atoms with E-state index in [1.54, 1.807) is 0 Å². The van der Waals surface area contributed by atoms with Crippen LogP contribution >= 0.6 is 0 Å². The van der Waals surface area contributed by atoms with E-state index in [1.165, 1.54) is 6.42 Å². The highest BCUT2D eigenvalue weighted by molar-refractivity contribution is 5.98. The SMILES string of the molecule is CCC(=O)[C@H](NC(=O)c1cccc(C2CCCN(C(=O)CN3CCOCC3)C2)c1)C1CCCCC1. The first-order valence-electron chi connectivity index (χ1n) is 13.6. The number of Topliss-reactive ketones (excluding diaryl/α,β-unsaturated/α-hetero) is 1. The van der Waals surface area contributed by atoms with Gasteiger partial charge in [0.05, 0.1) is 25.8 Å². The van der Waals surface area contributed by atoms with E-state index in [2.05, 4.69) is 16.3 Å². The molecular formula is C28H41N3O4. The number of benzene rings is 1. The van der Waals surface area contributed by atoms with Crippen LogP contribution < -0.4 is 5.32 Å². The summed E-state index contributed by atoms with van der Waals surface area (Å²) >= 11 is 0. The van der Waals surface area contributed by atoms with E-state index in [4.69, 9.17) is 4.74 Å². The van der Waals surface area contributed by atoms with Crippen molar-refractivity contribution < 1.29 is 19.1 Å². The van der Waals surface area contributed by atoms with Gasteiger partial charge in [0.15, 0.2) is 5.78 Å². The van der Waals surface area contributed by atoms with E-state index in [9.17, 15) is 14.4 Å². The van der Waals surface area contributed by atoms with Crippen molar-refractivity contribution in [3.8, 4) is 0 Å². The van der Waals surface area contributed by atoms with Gasteiger partial charge in [-0.25, -0.2) is 0 Å². The van der Waals surface area contributed by atoms with Crippen LogP contribution in [0.25, 0.3) is 0 Å². The van der Waals surface area contributed by atoms with Crippen molar-refractivity contribution >= 4 is 17.6 Å².